The third-order valence-electron chi connectivity index (χ3n) is 8.66. The number of carbonyl (C=O) groups is 1. The maximum atomic E-state index is 12.8. The molecule has 2 aliphatic heterocycles. The highest BCUT2D eigenvalue weighted by Gasteiger charge is 2.60. The Morgan fingerprint density at radius 1 is 0.929 bits per heavy atom. The molecule has 228 valence electrons. The molecule has 2 aliphatic rings. The van der Waals surface area contributed by atoms with Gasteiger partial charge in [-0.25, -0.2) is 15.0 Å². The summed E-state index contributed by atoms with van der Waals surface area (Å²) < 4.78 is 30.0. The van der Waals surface area contributed by atoms with Crippen LogP contribution in [0.15, 0.2) is 43.0 Å². The minimum absolute atomic E-state index is 0.163. The molecular weight excluding hydrogens is 567 g/mol. The number of fused-ring (bicyclic) bond motifs is 2. The molecule has 42 heavy (non-hydrogen) atoms. The van der Waals surface area contributed by atoms with Crippen molar-refractivity contribution in [1.82, 2.24) is 19.5 Å². The van der Waals surface area contributed by atoms with Crippen molar-refractivity contribution < 1.29 is 22.5 Å². The van der Waals surface area contributed by atoms with Crippen LogP contribution in [-0.2, 0) is 28.9 Å². The molecule has 3 aromatic rings. The number of hydrogen-bond donors (Lipinski definition) is 1. The van der Waals surface area contributed by atoms with Crippen LogP contribution in [0.4, 0.5) is 5.82 Å². The van der Waals surface area contributed by atoms with Gasteiger partial charge in [0.25, 0.3) is 0 Å². The summed E-state index contributed by atoms with van der Waals surface area (Å²) in [5, 5.41) is 2.91. The maximum absolute atomic E-state index is 12.8. The van der Waals surface area contributed by atoms with Gasteiger partial charge in [-0.2, -0.15) is 0 Å². The lowest BCUT2D eigenvalue weighted by atomic mass is 10.1. The average molecular weight is 612 g/mol. The Balaban J connectivity index is 1.42. The van der Waals surface area contributed by atoms with Crippen LogP contribution >= 0.6 is 0 Å². The molecule has 12 heteroatoms. The largest absolute Gasteiger partial charge is 0.414 e. The number of ether oxygens (including phenoxy) is 1. The summed E-state index contributed by atoms with van der Waals surface area (Å²) >= 11 is 0. The van der Waals surface area contributed by atoms with E-state index in [9.17, 15) is 4.79 Å². The first kappa shape index (κ1) is 31.0. The van der Waals surface area contributed by atoms with Gasteiger partial charge in [0.05, 0.1) is 25.5 Å². The topological polar surface area (TPSA) is 110 Å². The first-order chi connectivity index (χ1) is 20.0. The molecule has 0 spiro atoms. The first-order valence-electron chi connectivity index (χ1n) is 15.2. The van der Waals surface area contributed by atoms with Gasteiger partial charge in [0.2, 0.25) is 5.91 Å². The second-order valence-electron chi connectivity index (χ2n) is 12.8. The lowest BCUT2D eigenvalue weighted by Crippen LogP contribution is -2.65. The molecule has 0 saturated carbocycles. The van der Waals surface area contributed by atoms with Crippen molar-refractivity contribution in [3.05, 3.63) is 48.5 Å². The van der Waals surface area contributed by atoms with Crippen molar-refractivity contribution in [3.8, 4) is 0 Å². The fraction of sp³-hybridized carbons (Fsp3) is 0.600. The molecule has 1 amide bonds. The van der Waals surface area contributed by atoms with E-state index in [4.69, 9.17) is 17.7 Å². The van der Waals surface area contributed by atoms with Crippen molar-refractivity contribution in [2.45, 2.75) is 109 Å². The predicted molar refractivity (Wildman–Crippen MR) is 166 cm³/mol. The predicted octanol–water partition coefficient (Wildman–Crippen LogP) is 6.25. The zero-order valence-corrected chi connectivity index (χ0v) is 28.0. The number of benzene rings is 1. The summed E-state index contributed by atoms with van der Waals surface area (Å²) in [6, 6.07) is 9.61. The van der Waals surface area contributed by atoms with Gasteiger partial charge in [-0.3, -0.25) is 9.36 Å². The minimum Gasteiger partial charge on any atom is -0.414 e. The number of rotatable bonds is 8. The second kappa shape index (κ2) is 12.3. The monoisotopic (exact) mass is 611 g/mol. The van der Waals surface area contributed by atoms with Crippen LogP contribution in [0.25, 0.3) is 11.2 Å². The van der Waals surface area contributed by atoms with Crippen LogP contribution in [0.5, 0.6) is 0 Å². The fourth-order valence-electron chi connectivity index (χ4n) is 6.42. The van der Waals surface area contributed by atoms with Crippen LogP contribution in [0.3, 0.4) is 0 Å². The Kier molecular flexibility index (Phi) is 9.03. The lowest BCUT2D eigenvalue weighted by Gasteiger charge is -2.51. The second-order valence-corrected chi connectivity index (χ2v) is 21.6. The van der Waals surface area contributed by atoms with E-state index in [0.29, 0.717) is 30.0 Å². The van der Waals surface area contributed by atoms with Crippen LogP contribution in [0.1, 0.15) is 73.6 Å². The molecule has 10 nitrogen and oxygen atoms in total. The number of amides is 1. The highest BCUT2D eigenvalue weighted by Crippen LogP contribution is 2.48. The molecule has 1 N–H and O–H groups in total. The molecule has 5 rings (SSSR count). The van der Waals surface area contributed by atoms with Crippen molar-refractivity contribution in [2.75, 3.05) is 11.9 Å². The average Bonchev–Trinajstić information content (AvgIpc) is 3.53. The lowest BCUT2D eigenvalue weighted by molar-refractivity contribution is -0.115. The molecule has 0 aliphatic carbocycles. The normalized spacial score (nSPS) is 23.9. The smallest absolute Gasteiger partial charge is 0.335 e. The van der Waals surface area contributed by atoms with Crippen molar-refractivity contribution >= 4 is 40.0 Å². The zero-order valence-electron chi connectivity index (χ0n) is 26.0. The summed E-state index contributed by atoms with van der Waals surface area (Å²) in [7, 11) is -5.38. The van der Waals surface area contributed by atoms with E-state index in [0.717, 1.165) is 5.56 Å². The van der Waals surface area contributed by atoms with E-state index in [1.54, 1.807) is 6.33 Å². The summed E-state index contributed by atoms with van der Waals surface area (Å²) in [5.41, 5.74) is 3.06. The highest BCUT2D eigenvalue weighted by atomic mass is 28.5. The van der Waals surface area contributed by atoms with Crippen molar-refractivity contribution in [1.29, 1.82) is 0 Å². The molecule has 2 saturated heterocycles. The molecule has 4 heterocycles. The van der Waals surface area contributed by atoms with Crippen LogP contribution in [0, 0.1) is 0 Å². The molecule has 0 radical (unpaired) electrons. The molecule has 2 fully saturated rings. The van der Waals surface area contributed by atoms with E-state index in [-0.39, 0.29) is 52.9 Å². The summed E-state index contributed by atoms with van der Waals surface area (Å²) in [5.74, 6) is 0.218. The summed E-state index contributed by atoms with van der Waals surface area (Å²) in [6.07, 6.45) is 3.26. The number of anilines is 1. The third-order valence-corrected chi connectivity index (χ3v) is 18.9. The quantitative estimate of drug-likeness (QED) is 0.298. The van der Waals surface area contributed by atoms with Crippen LogP contribution < -0.4 is 5.32 Å². The number of nitrogens with zero attached hydrogens (tertiary/aromatic N) is 4. The Morgan fingerprint density at radius 3 is 2.24 bits per heavy atom. The summed E-state index contributed by atoms with van der Waals surface area (Å²) in [4.78, 5) is 26.2. The first-order valence-corrected chi connectivity index (χ1v) is 19.1. The fourth-order valence-corrected chi connectivity index (χ4v) is 17.6. The van der Waals surface area contributed by atoms with Gasteiger partial charge in [0.15, 0.2) is 17.0 Å². The van der Waals surface area contributed by atoms with E-state index in [1.807, 2.05) is 34.9 Å². The SMILES string of the molecule is CC(C)[Si]1(C(C)C)OC[C@H]2O[C@@H](n3cnc4c(NC(=O)Cc5ccccc5)ncnc43)C[C@@H]2O[Si](C(C)C)(C(C)C)O1. The Morgan fingerprint density at radius 2 is 1.60 bits per heavy atom. The van der Waals surface area contributed by atoms with E-state index >= 15 is 0 Å². The standard InChI is InChI=1S/C30H45N5O5Si2/c1-19(2)41(20(3)4)37-16-25-24(39-42(40-41,21(5)6)22(7)8)15-27(38-25)35-18-33-28-29(31-17-32-30(28)35)34-26(36)14-23-12-10-9-11-13-23/h9-13,17-22,24-25,27H,14-16H2,1-8H3,(H,31,32,34,36)/t24-,25+,27+/m0/s1. The number of nitrogens with one attached hydrogen (secondary N) is 1. The Hall–Kier alpha value is -2.49. The molecule has 3 atom stereocenters. The highest BCUT2D eigenvalue weighted by molar-refractivity contribution is 6.84. The third kappa shape index (κ3) is 5.72. The molecule has 0 unspecified atom stereocenters. The van der Waals surface area contributed by atoms with Gasteiger partial charge < -0.3 is 23.0 Å². The number of imidazole rings is 1. The number of carbonyl (C=O) groups excluding carboxylic acids is 1. The number of aromatic nitrogens is 4. The van der Waals surface area contributed by atoms with E-state index in [2.05, 4.69) is 75.7 Å². The molecule has 0 bridgehead atoms. The Labute approximate surface area is 251 Å². The zero-order chi connectivity index (χ0) is 30.2. The molecule has 1 aromatic carbocycles. The van der Waals surface area contributed by atoms with Gasteiger partial charge >= 0.3 is 17.1 Å². The molecular formula is C30H45N5O5Si2. The van der Waals surface area contributed by atoms with Gasteiger partial charge in [0, 0.05) is 6.42 Å². The van der Waals surface area contributed by atoms with Crippen LogP contribution in [0.2, 0.25) is 22.2 Å². The van der Waals surface area contributed by atoms with Crippen LogP contribution in [-0.4, -0.2) is 61.4 Å². The van der Waals surface area contributed by atoms with E-state index < -0.39 is 17.1 Å². The summed E-state index contributed by atoms with van der Waals surface area (Å²) in [6.45, 7) is 18.2. The molecule has 2 aromatic heterocycles. The van der Waals surface area contributed by atoms with Gasteiger partial charge in [-0.15, -0.1) is 0 Å². The maximum Gasteiger partial charge on any atom is 0.335 e. The van der Waals surface area contributed by atoms with Gasteiger partial charge in [0.1, 0.15) is 18.7 Å². The van der Waals surface area contributed by atoms with Crippen molar-refractivity contribution in [2.24, 2.45) is 0 Å². The van der Waals surface area contributed by atoms with Crippen molar-refractivity contribution in [3.63, 3.8) is 0 Å². The van der Waals surface area contributed by atoms with Gasteiger partial charge in [-0.1, -0.05) is 85.7 Å². The van der Waals surface area contributed by atoms with Gasteiger partial charge in [-0.05, 0) is 27.7 Å². The number of hydrogen-bond acceptors (Lipinski definition) is 8. The van der Waals surface area contributed by atoms with E-state index in [1.165, 1.54) is 6.33 Å². The minimum atomic E-state index is -2.74. The Bertz CT molecular complexity index is 1370.